The third kappa shape index (κ3) is 6.06. The molecule has 0 bridgehead atoms. The van der Waals surface area contributed by atoms with E-state index >= 15 is 0 Å². The number of benzene rings is 1. The van der Waals surface area contributed by atoms with E-state index < -0.39 is 0 Å². The number of hydrogen-bond acceptors (Lipinski definition) is 3. The zero-order valence-corrected chi connectivity index (χ0v) is 12.6. The normalized spacial score (nSPS) is 12.0. The lowest BCUT2D eigenvalue weighted by Crippen LogP contribution is -2.30. The van der Waals surface area contributed by atoms with E-state index in [1.54, 1.807) is 0 Å². The fourth-order valence-corrected chi connectivity index (χ4v) is 1.93. The Morgan fingerprint density at radius 3 is 2.80 bits per heavy atom. The van der Waals surface area contributed by atoms with Crippen molar-refractivity contribution in [3.63, 3.8) is 0 Å². The van der Waals surface area contributed by atoms with Gasteiger partial charge in [-0.3, -0.25) is 4.79 Å². The average molecular weight is 279 g/mol. The molecule has 0 heterocycles. The Morgan fingerprint density at radius 2 is 2.15 bits per heavy atom. The van der Waals surface area contributed by atoms with Crippen LogP contribution < -0.4 is 10.1 Å². The zero-order chi connectivity index (χ0) is 15.0. The van der Waals surface area contributed by atoms with Gasteiger partial charge in [0.05, 0.1) is 0 Å². The number of ether oxygens (including phenoxy) is 1. The molecule has 0 radical (unpaired) electrons. The van der Waals surface area contributed by atoms with Gasteiger partial charge in [-0.25, -0.2) is 0 Å². The van der Waals surface area contributed by atoms with Crippen LogP contribution in [-0.2, 0) is 4.79 Å². The Labute approximate surface area is 121 Å². The van der Waals surface area contributed by atoms with E-state index in [0.717, 1.165) is 24.2 Å². The molecule has 0 saturated carbocycles. The first-order valence-electron chi connectivity index (χ1n) is 7.10. The van der Waals surface area contributed by atoms with Crippen LogP contribution in [0.1, 0.15) is 30.9 Å². The smallest absolute Gasteiger partial charge is 0.257 e. The highest BCUT2D eigenvalue weighted by Crippen LogP contribution is 2.18. The summed E-state index contributed by atoms with van der Waals surface area (Å²) in [6, 6.07) is 5.89. The minimum Gasteiger partial charge on any atom is -0.484 e. The monoisotopic (exact) mass is 279 g/mol. The van der Waals surface area contributed by atoms with Crippen LogP contribution in [0.2, 0.25) is 0 Å². The molecule has 0 aliphatic rings. The molecular weight excluding hydrogens is 254 g/mol. The van der Waals surface area contributed by atoms with E-state index in [-0.39, 0.29) is 19.1 Å². The number of aryl methyl sites for hydroxylation is 2. The molecular formula is C16H25NO3. The number of rotatable bonds is 8. The van der Waals surface area contributed by atoms with E-state index in [2.05, 4.69) is 5.32 Å². The molecule has 0 fully saturated rings. The zero-order valence-electron chi connectivity index (χ0n) is 12.6. The van der Waals surface area contributed by atoms with Gasteiger partial charge in [0.15, 0.2) is 6.61 Å². The number of amides is 1. The van der Waals surface area contributed by atoms with Crippen molar-refractivity contribution in [2.45, 2.75) is 33.6 Å². The SMILES string of the molecule is Cc1ccc(OCC(=O)NCCCC(C)CO)c(C)c1. The van der Waals surface area contributed by atoms with E-state index in [1.165, 1.54) is 5.56 Å². The Morgan fingerprint density at radius 1 is 1.40 bits per heavy atom. The second-order valence-corrected chi connectivity index (χ2v) is 5.34. The van der Waals surface area contributed by atoms with Crippen LogP contribution in [0.15, 0.2) is 18.2 Å². The van der Waals surface area contributed by atoms with Crippen LogP contribution in [0, 0.1) is 19.8 Å². The van der Waals surface area contributed by atoms with Crippen LogP contribution in [0.4, 0.5) is 0 Å². The van der Waals surface area contributed by atoms with Crippen molar-refractivity contribution in [2.75, 3.05) is 19.8 Å². The second kappa shape index (κ2) is 8.59. The molecule has 1 aromatic carbocycles. The number of hydrogen-bond donors (Lipinski definition) is 2. The molecule has 0 saturated heterocycles. The van der Waals surface area contributed by atoms with Crippen molar-refractivity contribution in [1.82, 2.24) is 5.32 Å². The van der Waals surface area contributed by atoms with E-state index in [4.69, 9.17) is 9.84 Å². The highest BCUT2D eigenvalue weighted by atomic mass is 16.5. The van der Waals surface area contributed by atoms with E-state index in [9.17, 15) is 4.79 Å². The summed E-state index contributed by atoms with van der Waals surface area (Å²) in [4.78, 5) is 11.6. The van der Waals surface area contributed by atoms with Crippen LogP contribution in [-0.4, -0.2) is 30.8 Å². The molecule has 1 amide bonds. The molecule has 112 valence electrons. The molecule has 2 N–H and O–H groups in total. The van der Waals surface area contributed by atoms with Gasteiger partial charge in [-0.2, -0.15) is 0 Å². The molecule has 1 unspecified atom stereocenters. The standard InChI is InChI=1S/C16H25NO3/c1-12-6-7-15(14(3)9-12)20-11-16(19)17-8-4-5-13(2)10-18/h6-7,9,13,18H,4-5,8,10-11H2,1-3H3,(H,17,19). The Balaban J connectivity index is 2.23. The van der Waals surface area contributed by atoms with Crippen molar-refractivity contribution >= 4 is 5.91 Å². The maximum absolute atomic E-state index is 11.6. The van der Waals surface area contributed by atoms with Crippen LogP contribution in [0.3, 0.4) is 0 Å². The fourth-order valence-electron chi connectivity index (χ4n) is 1.93. The average Bonchev–Trinajstić information content (AvgIpc) is 2.42. The molecule has 0 aliphatic heterocycles. The third-order valence-electron chi connectivity index (χ3n) is 3.20. The van der Waals surface area contributed by atoms with Crippen molar-refractivity contribution < 1.29 is 14.6 Å². The van der Waals surface area contributed by atoms with Crippen molar-refractivity contribution in [2.24, 2.45) is 5.92 Å². The van der Waals surface area contributed by atoms with Crippen LogP contribution in [0.25, 0.3) is 0 Å². The Kier molecular flexibility index (Phi) is 7.09. The van der Waals surface area contributed by atoms with Crippen molar-refractivity contribution in [3.05, 3.63) is 29.3 Å². The molecule has 0 aliphatic carbocycles. The minimum absolute atomic E-state index is 0.0411. The number of aliphatic hydroxyl groups excluding tert-OH is 1. The van der Waals surface area contributed by atoms with Crippen molar-refractivity contribution in [3.8, 4) is 5.75 Å². The molecule has 1 aromatic rings. The van der Waals surface area contributed by atoms with E-state index in [0.29, 0.717) is 12.5 Å². The maximum atomic E-state index is 11.6. The first kappa shape index (κ1) is 16.5. The summed E-state index contributed by atoms with van der Waals surface area (Å²) in [5, 5.41) is 11.7. The summed E-state index contributed by atoms with van der Waals surface area (Å²) < 4.78 is 5.50. The Bertz CT molecular complexity index is 432. The molecule has 20 heavy (non-hydrogen) atoms. The van der Waals surface area contributed by atoms with Crippen LogP contribution in [0.5, 0.6) is 5.75 Å². The molecule has 0 spiro atoms. The quantitative estimate of drug-likeness (QED) is 0.717. The van der Waals surface area contributed by atoms with Gasteiger partial charge in [0.2, 0.25) is 0 Å². The Hall–Kier alpha value is -1.55. The highest BCUT2D eigenvalue weighted by Gasteiger charge is 2.05. The largest absolute Gasteiger partial charge is 0.484 e. The fraction of sp³-hybridized carbons (Fsp3) is 0.562. The van der Waals surface area contributed by atoms with Gasteiger partial charge >= 0.3 is 0 Å². The summed E-state index contributed by atoms with van der Waals surface area (Å²) in [6.45, 7) is 6.85. The van der Waals surface area contributed by atoms with Crippen molar-refractivity contribution in [1.29, 1.82) is 0 Å². The second-order valence-electron chi connectivity index (χ2n) is 5.34. The molecule has 0 aromatic heterocycles. The number of carbonyl (C=O) groups excluding carboxylic acids is 1. The molecule has 1 rings (SSSR count). The van der Waals surface area contributed by atoms with Crippen LogP contribution >= 0.6 is 0 Å². The summed E-state index contributed by atoms with van der Waals surface area (Å²) >= 11 is 0. The lowest BCUT2D eigenvalue weighted by Gasteiger charge is -2.11. The topological polar surface area (TPSA) is 58.6 Å². The first-order valence-corrected chi connectivity index (χ1v) is 7.10. The minimum atomic E-state index is -0.110. The number of nitrogens with one attached hydrogen (secondary N) is 1. The van der Waals surface area contributed by atoms with Gasteiger partial charge in [-0.15, -0.1) is 0 Å². The molecule has 1 atom stereocenters. The summed E-state index contributed by atoms with van der Waals surface area (Å²) in [7, 11) is 0. The lowest BCUT2D eigenvalue weighted by atomic mass is 10.1. The summed E-state index contributed by atoms with van der Waals surface area (Å²) in [5.41, 5.74) is 2.21. The van der Waals surface area contributed by atoms with Gasteiger partial charge in [-0.05, 0) is 44.2 Å². The van der Waals surface area contributed by atoms with E-state index in [1.807, 2.05) is 39.0 Å². The first-order chi connectivity index (χ1) is 9.52. The predicted molar refractivity (Wildman–Crippen MR) is 79.9 cm³/mol. The third-order valence-corrected chi connectivity index (χ3v) is 3.20. The number of aliphatic hydroxyl groups is 1. The summed E-state index contributed by atoms with van der Waals surface area (Å²) in [6.07, 6.45) is 1.78. The molecule has 4 nitrogen and oxygen atoms in total. The van der Waals surface area contributed by atoms with Gasteiger partial charge in [0.1, 0.15) is 5.75 Å². The highest BCUT2D eigenvalue weighted by molar-refractivity contribution is 5.77. The maximum Gasteiger partial charge on any atom is 0.257 e. The van der Waals surface area contributed by atoms with Gasteiger partial charge < -0.3 is 15.2 Å². The summed E-state index contributed by atoms with van der Waals surface area (Å²) in [5.74, 6) is 0.930. The van der Waals surface area contributed by atoms with Gasteiger partial charge in [-0.1, -0.05) is 24.6 Å². The van der Waals surface area contributed by atoms with Gasteiger partial charge in [0, 0.05) is 13.2 Å². The molecule has 4 heteroatoms. The lowest BCUT2D eigenvalue weighted by molar-refractivity contribution is -0.123. The number of carbonyl (C=O) groups is 1. The predicted octanol–water partition coefficient (Wildman–Crippen LogP) is 2.21. The van der Waals surface area contributed by atoms with Gasteiger partial charge in [0.25, 0.3) is 5.91 Å².